The van der Waals surface area contributed by atoms with Gasteiger partial charge in [-0.05, 0) is 48.0 Å². The van der Waals surface area contributed by atoms with Crippen LogP contribution < -0.4 is 16.6 Å². The molecule has 0 fully saturated rings. The smallest absolute Gasteiger partial charge is 0.148 e. The van der Waals surface area contributed by atoms with Crippen molar-refractivity contribution in [3.05, 3.63) is 84.3 Å². The topological polar surface area (TPSA) is 138 Å². The van der Waals surface area contributed by atoms with E-state index in [0.717, 1.165) is 33.4 Å². The molecule has 32 heavy (non-hydrogen) atoms. The predicted octanol–water partition coefficient (Wildman–Crippen LogP) is 3.34. The number of benzene rings is 2. The van der Waals surface area contributed by atoms with Crippen molar-refractivity contribution in [2.75, 3.05) is 10.7 Å². The van der Waals surface area contributed by atoms with Crippen LogP contribution in [-0.4, -0.2) is 25.0 Å². The third-order valence-corrected chi connectivity index (χ3v) is 5.29. The number of nitrogens with zero attached hydrogens (tertiary/aromatic N) is 6. The molecule has 0 aliphatic heterocycles. The number of nitrogens with one attached hydrogen (secondary N) is 1. The molecule has 9 nitrogen and oxygen atoms in total. The zero-order valence-electron chi connectivity index (χ0n) is 17.0. The van der Waals surface area contributed by atoms with E-state index in [0.29, 0.717) is 23.6 Å². The number of H-pyrrole nitrogens is 1. The van der Waals surface area contributed by atoms with E-state index in [1.54, 1.807) is 30.7 Å². The van der Waals surface area contributed by atoms with E-state index < -0.39 is 0 Å². The first-order valence-corrected chi connectivity index (χ1v) is 9.87. The maximum absolute atomic E-state index is 8.99. The van der Waals surface area contributed by atoms with E-state index in [9.17, 15) is 0 Å². The van der Waals surface area contributed by atoms with E-state index >= 15 is 0 Å². The summed E-state index contributed by atoms with van der Waals surface area (Å²) in [6, 6.07) is 19.1. The van der Waals surface area contributed by atoms with Crippen LogP contribution >= 0.6 is 0 Å². The van der Waals surface area contributed by atoms with Gasteiger partial charge in [0.05, 0.1) is 41.3 Å². The first-order valence-electron chi connectivity index (χ1n) is 9.87. The van der Waals surface area contributed by atoms with Gasteiger partial charge in [-0.3, -0.25) is 14.8 Å². The van der Waals surface area contributed by atoms with Crippen molar-refractivity contribution in [1.29, 1.82) is 5.26 Å². The number of fused-ring (bicyclic) bond motifs is 1. The molecule has 0 saturated carbocycles. The van der Waals surface area contributed by atoms with Crippen LogP contribution in [0.1, 0.15) is 11.1 Å². The van der Waals surface area contributed by atoms with Crippen LogP contribution in [0, 0.1) is 11.3 Å². The van der Waals surface area contributed by atoms with Crippen molar-refractivity contribution < 1.29 is 0 Å². The molecule has 5 rings (SSSR count). The fraction of sp³-hybridized carbons (Fsp3) is 0.0435. The molecule has 3 heterocycles. The van der Waals surface area contributed by atoms with Gasteiger partial charge in [-0.15, -0.1) is 0 Å². The highest BCUT2D eigenvalue weighted by molar-refractivity contribution is 5.84. The molecule has 5 aromatic rings. The average Bonchev–Trinajstić information content (AvgIpc) is 3.48. The lowest BCUT2D eigenvalue weighted by Gasteiger charge is -2.21. The number of rotatable bonds is 5. The molecule has 0 amide bonds. The van der Waals surface area contributed by atoms with Gasteiger partial charge in [0.1, 0.15) is 11.5 Å². The van der Waals surface area contributed by atoms with E-state index in [2.05, 4.69) is 26.3 Å². The van der Waals surface area contributed by atoms with Gasteiger partial charge in [-0.25, -0.2) is 10.8 Å². The Hall–Kier alpha value is -4.68. The Morgan fingerprint density at radius 3 is 2.72 bits per heavy atom. The standard InChI is InChI=1S/C23H19N9/c24-11-15-1-3-16(4-2-15)14-31-21(7-8-29-31)18-9-22(23(25)27-12-18)32(26)19-6-5-17-13-28-30-20(17)10-19/h1-10,12-13H,14,26H2,(H2,25,27)(H,28,30). The molecule has 3 aromatic heterocycles. The van der Waals surface area contributed by atoms with Gasteiger partial charge in [-0.2, -0.15) is 15.5 Å². The summed E-state index contributed by atoms with van der Waals surface area (Å²) >= 11 is 0. The van der Waals surface area contributed by atoms with Gasteiger partial charge in [0, 0.05) is 23.3 Å². The third-order valence-electron chi connectivity index (χ3n) is 5.29. The minimum Gasteiger partial charge on any atom is -0.382 e. The quantitative estimate of drug-likeness (QED) is 0.292. The Bertz CT molecular complexity index is 1440. The molecule has 0 atom stereocenters. The van der Waals surface area contributed by atoms with Gasteiger partial charge in [0.2, 0.25) is 0 Å². The number of hydrogen-bond acceptors (Lipinski definition) is 7. The highest BCUT2D eigenvalue weighted by atomic mass is 15.4. The summed E-state index contributed by atoms with van der Waals surface area (Å²) in [5.74, 6) is 6.74. The van der Waals surface area contributed by atoms with Crippen LogP contribution in [0.2, 0.25) is 0 Å². The molecule has 0 unspecified atom stereocenters. The second-order valence-corrected chi connectivity index (χ2v) is 7.32. The molecule has 0 aliphatic carbocycles. The van der Waals surface area contributed by atoms with Crippen LogP contribution in [0.4, 0.5) is 17.2 Å². The molecule has 0 spiro atoms. The van der Waals surface area contributed by atoms with Crippen molar-refractivity contribution in [2.45, 2.75) is 6.54 Å². The number of pyridine rings is 1. The number of nitrogen functional groups attached to an aromatic ring is 1. The van der Waals surface area contributed by atoms with E-state index in [-0.39, 0.29) is 0 Å². The number of nitrogens with two attached hydrogens (primary N) is 2. The minimum atomic E-state index is 0.319. The Balaban J connectivity index is 1.47. The average molecular weight is 421 g/mol. The Kier molecular flexibility index (Phi) is 4.74. The number of aromatic nitrogens is 5. The second kappa shape index (κ2) is 7.86. The van der Waals surface area contributed by atoms with Gasteiger partial charge >= 0.3 is 0 Å². The number of aromatic amines is 1. The molecule has 0 saturated heterocycles. The molecule has 9 heteroatoms. The maximum atomic E-state index is 8.99. The molecular formula is C23H19N9. The summed E-state index contributed by atoms with van der Waals surface area (Å²) in [6.45, 7) is 0.552. The number of hydrogen-bond donors (Lipinski definition) is 3. The Labute approximate surface area is 183 Å². The van der Waals surface area contributed by atoms with E-state index in [1.165, 1.54) is 5.01 Å². The van der Waals surface area contributed by atoms with Crippen LogP contribution in [0.5, 0.6) is 0 Å². The first kappa shape index (κ1) is 19.3. The minimum absolute atomic E-state index is 0.319. The van der Waals surface area contributed by atoms with Crippen molar-refractivity contribution in [3.8, 4) is 17.3 Å². The summed E-state index contributed by atoms with van der Waals surface area (Å²) in [7, 11) is 0. The zero-order valence-corrected chi connectivity index (χ0v) is 17.0. The summed E-state index contributed by atoms with van der Waals surface area (Å²) in [5, 5.41) is 22.9. The fourth-order valence-corrected chi connectivity index (χ4v) is 3.57. The summed E-state index contributed by atoms with van der Waals surface area (Å²) in [5.41, 5.74) is 11.7. The highest BCUT2D eigenvalue weighted by Gasteiger charge is 2.15. The monoisotopic (exact) mass is 421 g/mol. The molecule has 0 bridgehead atoms. The summed E-state index contributed by atoms with van der Waals surface area (Å²) < 4.78 is 1.87. The lowest BCUT2D eigenvalue weighted by molar-refractivity contribution is 0.694. The lowest BCUT2D eigenvalue weighted by Crippen LogP contribution is -2.26. The second-order valence-electron chi connectivity index (χ2n) is 7.32. The number of anilines is 3. The van der Waals surface area contributed by atoms with Gasteiger partial charge in [0.25, 0.3) is 0 Å². The molecule has 0 aliphatic rings. The summed E-state index contributed by atoms with van der Waals surface area (Å²) in [4.78, 5) is 4.36. The predicted molar refractivity (Wildman–Crippen MR) is 123 cm³/mol. The fourth-order valence-electron chi connectivity index (χ4n) is 3.57. The van der Waals surface area contributed by atoms with E-state index in [1.807, 2.05) is 47.1 Å². The van der Waals surface area contributed by atoms with Crippen LogP contribution in [0.3, 0.4) is 0 Å². The Morgan fingerprint density at radius 2 is 1.91 bits per heavy atom. The van der Waals surface area contributed by atoms with Crippen molar-refractivity contribution >= 4 is 28.1 Å². The van der Waals surface area contributed by atoms with Crippen molar-refractivity contribution in [2.24, 2.45) is 5.84 Å². The SMILES string of the molecule is N#Cc1ccc(Cn2nccc2-c2cnc(N)c(N(N)c3ccc4cn[nH]c4c3)c2)cc1. The molecular weight excluding hydrogens is 402 g/mol. The maximum Gasteiger partial charge on any atom is 0.148 e. The largest absolute Gasteiger partial charge is 0.382 e. The van der Waals surface area contributed by atoms with Gasteiger partial charge in [0.15, 0.2) is 0 Å². The van der Waals surface area contributed by atoms with Gasteiger partial charge < -0.3 is 5.73 Å². The van der Waals surface area contributed by atoms with Gasteiger partial charge in [-0.1, -0.05) is 12.1 Å². The molecule has 2 aromatic carbocycles. The van der Waals surface area contributed by atoms with Crippen LogP contribution in [0.15, 0.2) is 73.2 Å². The number of nitriles is 1. The molecule has 0 radical (unpaired) electrons. The van der Waals surface area contributed by atoms with E-state index in [4.69, 9.17) is 16.8 Å². The normalized spacial score (nSPS) is 10.9. The third kappa shape index (κ3) is 3.51. The highest BCUT2D eigenvalue weighted by Crippen LogP contribution is 2.32. The first-order chi connectivity index (χ1) is 15.6. The summed E-state index contributed by atoms with van der Waals surface area (Å²) in [6.07, 6.45) is 5.20. The Morgan fingerprint density at radius 1 is 1.06 bits per heavy atom. The van der Waals surface area contributed by atoms with Crippen LogP contribution in [-0.2, 0) is 6.54 Å². The molecule has 156 valence electrons. The lowest BCUT2D eigenvalue weighted by atomic mass is 10.1. The number of hydrazine groups is 1. The van der Waals surface area contributed by atoms with Crippen LogP contribution in [0.25, 0.3) is 22.2 Å². The van der Waals surface area contributed by atoms with Crippen molar-refractivity contribution in [1.82, 2.24) is 25.0 Å². The molecule has 5 N–H and O–H groups in total. The van der Waals surface area contributed by atoms with Crippen molar-refractivity contribution in [3.63, 3.8) is 0 Å². The zero-order chi connectivity index (χ0) is 22.1.